The largest absolute Gasteiger partial charge is 0.338 e. The minimum absolute atomic E-state index is 0.0221. The lowest BCUT2D eigenvalue weighted by molar-refractivity contribution is -0.118. The summed E-state index contributed by atoms with van der Waals surface area (Å²) in [5, 5.41) is 9.87. The molecular weight excluding hydrogens is 218 g/mol. The summed E-state index contributed by atoms with van der Waals surface area (Å²) < 4.78 is 5.08. The van der Waals surface area contributed by atoms with E-state index in [9.17, 15) is 4.79 Å². The molecule has 1 aromatic rings. The predicted octanol–water partition coefficient (Wildman–Crippen LogP) is 1.76. The van der Waals surface area contributed by atoms with Crippen LogP contribution in [-0.4, -0.2) is 23.7 Å². The van der Waals surface area contributed by atoms with Gasteiger partial charge in [0.1, 0.15) is 0 Å². The maximum Gasteiger partial charge on any atom is 0.243 e. The summed E-state index contributed by atoms with van der Waals surface area (Å²) in [6, 6.07) is -0.109. The predicted molar refractivity (Wildman–Crippen MR) is 64.9 cm³/mol. The Balaban J connectivity index is 1.98. The number of anilines is 1. The van der Waals surface area contributed by atoms with E-state index in [1.807, 2.05) is 13.8 Å². The van der Waals surface area contributed by atoms with Crippen molar-refractivity contribution >= 4 is 11.8 Å². The SMILES string of the molecule is Cc1noc(NC(=O)C2CCCCCN2)c1C. The van der Waals surface area contributed by atoms with E-state index in [1.165, 1.54) is 6.42 Å². The molecule has 17 heavy (non-hydrogen) atoms. The van der Waals surface area contributed by atoms with E-state index in [-0.39, 0.29) is 11.9 Å². The number of nitrogens with zero attached hydrogens (tertiary/aromatic N) is 1. The third-order valence-corrected chi connectivity index (χ3v) is 3.27. The van der Waals surface area contributed by atoms with Crippen molar-refractivity contribution in [3.8, 4) is 0 Å². The van der Waals surface area contributed by atoms with E-state index in [4.69, 9.17) is 4.52 Å². The zero-order chi connectivity index (χ0) is 12.3. The first kappa shape index (κ1) is 12.1. The second-order valence-corrected chi connectivity index (χ2v) is 4.57. The van der Waals surface area contributed by atoms with Gasteiger partial charge in [-0.3, -0.25) is 10.1 Å². The highest BCUT2D eigenvalue weighted by Gasteiger charge is 2.21. The molecule has 1 saturated heterocycles. The molecule has 1 aliphatic heterocycles. The summed E-state index contributed by atoms with van der Waals surface area (Å²) >= 11 is 0. The maximum absolute atomic E-state index is 12.0. The number of carbonyl (C=O) groups excluding carboxylic acids is 1. The number of hydrogen-bond donors (Lipinski definition) is 2. The molecule has 94 valence electrons. The van der Waals surface area contributed by atoms with Crippen LogP contribution in [0.2, 0.25) is 0 Å². The number of carbonyl (C=O) groups is 1. The van der Waals surface area contributed by atoms with Crippen LogP contribution in [0, 0.1) is 13.8 Å². The van der Waals surface area contributed by atoms with Crippen molar-refractivity contribution < 1.29 is 9.32 Å². The Bertz CT molecular complexity index is 392. The first-order valence-corrected chi connectivity index (χ1v) is 6.15. The van der Waals surface area contributed by atoms with Gasteiger partial charge in [0.2, 0.25) is 11.8 Å². The zero-order valence-corrected chi connectivity index (χ0v) is 10.4. The lowest BCUT2D eigenvalue weighted by atomic mass is 10.1. The fourth-order valence-electron chi connectivity index (χ4n) is 1.98. The van der Waals surface area contributed by atoms with Crippen LogP contribution >= 0.6 is 0 Å². The van der Waals surface area contributed by atoms with Gasteiger partial charge in [0.25, 0.3) is 0 Å². The summed E-state index contributed by atoms with van der Waals surface area (Å²) in [5.74, 6) is 0.449. The highest BCUT2D eigenvalue weighted by Crippen LogP contribution is 2.18. The van der Waals surface area contributed by atoms with Gasteiger partial charge in [0.15, 0.2) is 0 Å². The summed E-state index contributed by atoms with van der Waals surface area (Å²) in [6.45, 7) is 4.66. The van der Waals surface area contributed by atoms with Gasteiger partial charge in [-0.1, -0.05) is 18.0 Å². The Hall–Kier alpha value is -1.36. The molecule has 1 aromatic heterocycles. The van der Waals surface area contributed by atoms with Gasteiger partial charge in [-0.25, -0.2) is 0 Å². The molecule has 5 heteroatoms. The third-order valence-electron chi connectivity index (χ3n) is 3.27. The Morgan fingerprint density at radius 1 is 1.41 bits per heavy atom. The van der Waals surface area contributed by atoms with Gasteiger partial charge in [0.05, 0.1) is 11.7 Å². The van der Waals surface area contributed by atoms with E-state index in [1.54, 1.807) is 0 Å². The van der Waals surface area contributed by atoms with Crippen LogP contribution in [-0.2, 0) is 4.79 Å². The minimum atomic E-state index is -0.109. The normalized spacial score (nSPS) is 20.9. The topological polar surface area (TPSA) is 67.2 Å². The summed E-state index contributed by atoms with van der Waals surface area (Å²) in [7, 11) is 0. The van der Waals surface area contributed by atoms with Gasteiger partial charge in [0, 0.05) is 5.56 Å². The van der Waals surface area contributed by atoms with Crippen LogP contribution in [0.5, 0.6) is 0 Å². The zero-order valence-electron chi connectivity index (χ0n) is 10.4. The van der Waals surface area contributed by atoms with Crippen LogP contribution < -0.4 is 10.6 Å². The Morgan fingerprint density at radius 3 is 2.94 bits per heavy atom. The fourth-order valence-corrected chi connectivity index (χ4v) is 1.98. The number of amides is 1. The van der Waals surface area contributed by atoms with Crippen LogP contribution in [0.15, 0.2) is 4.52 Å². The van der Waals surface area contributed by atoms with Crippen molar-refractivity contribution in [3.05, 3.63) is 11.3 Å². The molecule has 0 saturated carbocycles. The molecule has 1 fully saturated rings. The summed E-state index contributed by atoms with van der Waals surface area (Å²) in [4.78, 5) is 12.0. The molecule has 2 rings (SSSR count). The van der Waals surface area contributed by atoms with E-state index < -0.39 is 0 Å². The number of aromatic nitrogens is 1. The Morgan fingerprint density at radius 2 is 2.24 bits per heavy atom. The van der Waals surface area contributed by atoms with Crippen LogP contribution in [0.25, 0.3) is 0 Å². The van der Waals surface area contributed by atoms with Crippen molar-refractivity contribution in [2.45, 2.75) is 45.6 Å². The van der Waals surface area contributed by atoms with Crippen LogP contribution in [0.1, 0.15) is 36.9 Å². The van der Waals surface area contributed by atoms with Crippen LogP contribution in [0.4, 0.5) is 5.88 Å². The van der Waals surface area contributed by atoms with E-state index in [0.717, 1.165) is 37.1 Å². The smallest absolute Gasteiger partial charge is 0.243 e. The molecule has 5 nitrogen and oxygen atoms in total. The van der Waals surface area contributed by atoms with Crippen molar-refractivity contribution in [2.24, 2.45) is 0 Å². The van der Waals surface area contributed by atoms with E-state index in [2.05, 4.69) is 15.8 Å². The molecule has 0 bridgehead atoms. The van der Waals surface area contributed by atoms with Gasteiger partial charge < -0.3 is 9.84 Å². The van der Waals surface area contributed by atoms with Gasteiger partial charge in [-0.05, 0) is 33.2 Å². The number of nitrogens with one attached hydrogen (secondary N) is 2. The van der Waals surface area contributed by atoms with E-state index in [0.29, 0.717) is 5.88 Å². The maximum atomic E-state index is 12.0. The second kappa shape index (κ2) is 5.31. The molecule has 1 atom stereocenters. The lowest BCUT2D eigenvalue weighted by Crippen LogP contribution is -2.39. The standard InChI is InChI=1S/C12H19N3O2/c1-8-9(2)15-17-12(8)14-11(16)10-6-4-3-5-7-13-10/h10,13H,3-7H2,1-2H3,(H,14,16). The van der Waals surface area contributed by atoms with Gasteiger partial charge in [-0.15, -0.1) is 0 Å². The number of hydrogen-bond acceptors (Lipinski definition) is 4. The van der Waals surface area contributed by atoms with E-state index >= 15 is 0 Å². The monoisotopic (exact) mass is 237 g/mol. The molecule has 1 amide bonds. The summed E-state index contributed by atoms with van der Waals surface area (Å²) in [5.41, 5.74) is 1.71. The first-order chi connectivity index (χ1) is 8.18. The highest BCUT2D eigenvalue weighted by atomic mass is 16.5. The average molecular weight is 237 g/mol. The van der Waals surface area contributed by atoms with Crippen molar-refractivity contribution in [1.82, 2.24) is 10.5 Å². The summed E-state index contributed by atoms with van der Waals surface area (Å²) in [6.07, 6.45) is 4.32. The van der Waals surface area contributed by atoms with Gasteiger partial charge in [-0.2, -0.15) is 0 Å². The highest BCUT2D eigenvalue weighted by molar-refractivity contribution is 5.94. The van der Waals surface area contributed by atoms with Crippen molar-refractivity contribution in [3.63, 3.8) is 0 Å². The van der Waals surface area contributed by atoms with Crippen molar-refractivity contribution in [1.29, 1.82) is 0 Å². The Labute approximate surface area is 101 Å². The minimum Gasteiger partial charge on any atom is -0.338 e. The molecule has 0 radical (unpaired) electrons. The van der Waals surface area contributed by atoms with Crippen molar-refractivity contribution in [2.75, 3.05) is 11.9 Å². The Kier molecular flexibility index (Phi) is 3.78. The third kappa shape index (κ3) is 2.85. The molecule has 2 N–H and O–H groups in total. The first-order valence-electron chi connectivity index (χ1n) is 6.15. The molecule has 2 heterocycles. The quantitative estimate of drug-likeness (QED) is 0.822. The molecular formula is C12H19N3O2. The fraction of sp³-hybridized carbons (Fsp3) is 0.667. The molecule has 1 unspecified atom stereocenters. The molecule has 1 aliphatic rings. The molecule has 0 aliphatic carbocycles. The number of rotatable bonds is 2. The average Bonchev–Trinajstić information content (AvgIpc) is 2.59. The van der Waals surface area contributed by atoms with Crippen LogP contribution in [0.3, 0.4) is 0 Å². The molecule has 0 aromatic carbocycles. The molecule has 0 spiro atoms. The lowest BCUT2D eigenvalue weighted by Gasteiger charge is -2.14. The second-order valence-electron chi connectivity index (χ2n) is 4.57. The number of aryl methyl sites for hydroxylation is 1. The van der Waals surface area contributed by atoms with Gasteiger partial charge >= 0.3 is 0 Å².